The number of hydrogen-bond acceptors (Lipinski definition) is 4. The predicted molar refractivity (Wildman–Crippen MR) is 66.4 cm³/mol. The Bertz CT molecular complexity index is 583. The molecule has 2 N–H and O–H groups in total. The number of benzene rings is 1. The van der Waals surface area contributed by atoms with Crippen molar-refractivity contribution in [2.24, 2.45) is 0 Å². The van der Waals surface area contributed by atoms with E-state index in [9.17, 15) is 13.6 Å². The summed E-state index contributed by atoms with van der Waals surface area (Å²) in [5.74, 6) is -0.531. The molecule has 2 aromatic rings. The van der Waals surface area contributed by atoms with Gasteiger partial charge in [0, 0.05) is 10.6 Å². The van der Waals surface area contributed by atoms with Crippen molar-refractivity contribution >= 4 is 33.9 Å². The SMILES string of the molecule is Nc1nc(C(F)F)c(C(=O)c2ccc(Cl)cc2)s1. The number of rotatable bonds is 3. The van der Waals surface area contributed by atoms with Gasteiger partial charge < -0.3 is 5.73 Å². The molecule has 0 bridgehead atoms. The first kappa shape index (κ1) is 12.9. The average Bonchev–Trinajstić information content (AvgIpc) is 2.71. The van der Waals surface area contributed by atoms with Crippen LogP contribution in [0.1, 0.15) is 27.4 Å². The van der Waals surface area contributed by atoms with Crippen molar-refractivity contribution in [2.45, 2.75) is 6.43 Å². The molecule has 0 aliphatic heterocycles. The predicted octanol–water partition coefficient (Wildman–Crippen LogP) is 3.55. The molecule has 0 saturated carbocycles. The maximum atomic E-state index is 12.7. The summed E-state index contributed by atoms with van der Waals surface area (Å²) in [6, 6.07) is 5.97. The molecular formula is C11H7ClF2N2OS. The van der Waals surface area contributed by atoms with E-state index in [2.05, 4.69) is 4.98 Å². The first-order valence-corrected chi connectivity index (χ1v) is 6.03. The van der Waals surface area contributed by atoms with Crippen LogP contribution in [-0.2, 0) is 0 Å². The molecule has 0 aliphatic rings. The highest BCUT2D eigenvalue weighted by molar-refractivity contribution is 7.17. The van der Waals surface area contributed by atoms with Gasteiger partial charge in [0.1, 0.15) is 10.6 Å². The van der Waals surface area contributed by atoms with Gasteiger partial charge in [-0.15, -0.1) is 0 Å². The van der Waals surface area contributed by atoms with Gasteiger partial charge in [-0.2, -0.15) is 0 Å². The molecule has 1 heterocycles. The van der Waals surface area contributed by atoms with Gasteiger partial charge in [-0.05, 0) is 24.3 Å². The molecule has 1 aromatic carbocycles. The van der Waals surface area contributed by atoms with Crippen LogP contribution in [0.25, 0.3) is 0 Å². The Hall–Kier alpha value is -1.53. The molecule has 18 heavy (non-hydrogen) atoms. The lowest BCUT2D eigenvalue weighted by atomic mass is 10.1. The summed E-state index contributed by atoms with van der Waals surface area (Å²) in [6.07, 6.45) is -2.83. The van der Waals surface area contributed by atoms with E-state index in [1.54, 1.807) is 0 Å². The van der Waals surface area contributed by atoms with Gasteiger partial charge in [-0.3, -0.25) is 4.79 Å². The summed E-state index contributed by atoms with van der Waals surface area (Å²) in [4.78, 5) is 15.4. The zero-order valence-electron chi connectivity index (χ0n) is 8.86. The lowest BCUT2D eigenvalue weighted by Crippen LogP contribution is -2.03. The number of nitrogens with zero attached hydrogens (tertiary/aromatic N) is 1. The molecule has 0 spiro atoms. The first-order valence-electron chi connectivity index (χ1n) is 4.83. The van der Waals surface area contributed by atoms with Crippen LogP contribution in [0.5, 0.6) is 0 Å². The number of hydrogen-bond donors (Lipinski definition) is 1. The fraction of sp³-hybridized carbons (Fsp3) is 0.0909. The molecule has 0 aliphatic carbocycles. The second kappa shape index (κ2) is 4.99. The van der Waals surface area contributed by atoms with E-state index in [1.807, 2.05) is 0 Å². The summed E-state index contributed by atoms with van der Waals surface area (Å²) < 4.78 is 25.4. The van der Waals surface area contributed by atoms with E-state index >= 15 is 0 Å². The van der Waals surface area contributed by atoms with Gasteiger partial charge in [-0.25, -0.2) is 13.8 Å². The number of carbonyl (C=O) groups excluding carboxylic acids is 1. The van der Waals surface area contributed by atoms with Gasteiger partial charge in [0.2, 0.25) is 5.78 Å². The van der Waals surface area contributed by atoms with Gasteiger partial charge in [-0.1, -0.05) is 22.9 Å². The number of carbonyl (C=O) groups is 1. The molecule has 3 nitrogen and oxygen atoms in total. The smallest absolute Gasteiger partial charge is 0.282 e. The maximum absolute atomic E-state index is 12.7. The standard InChI is InChI=1S/C11H7ClF2N2OS/c12-6-3-1-5(2-4-6)8(17)9-7(10(13)14)16-11(15)18-9/h1-4,10H,(H2,15,16). The number of halogens is 3. The molecule has 0 saturated heterocycles. The van der Waals surface area contributed by atoms with Crippen LogP contribution < -0.4 is 5.73 Å². The molecule has 0 atom stereocenters. The van der Waals surface area contributed by atoms with Crippen LogP contribution in [0.15, 0.2) is 24.3 Å². The minimum absolute atomic E-state index is 0.0531. The summed E-state index contributed by atoms with van der Waals surface area (Å²) in [5, 5.41) is 0.409. The van der Waals surface area contributed by atoms with Crippen LogP contribution in [0.4, 0.5) is 13.9 Å². The highest BCUT2D eigenvalue weighted by Crippen LogP contribution is 2.30. The molecule has 1 aromatic heterocycles. The summed E-state index contributed by atoms with van der Waals surface area (Å²) >= 11 is 6.44. The Labute approximate surface area is 110 Å². The van der Waals surface area contributed by atoms with Crippen molar-refractivity contribution in [1.29, 1.82) is 0 Å². The molecule has 94 valence electrons. The van der Waals surface area contributed by atoms with Crippen molar-refractivity contribution in [3.8, 4) is 0 Å². The molecule has 0 amide bonds. The van der Waals surface area contributed by atoms with E-state index in [0.717, 1.165) is 11.3 Å². The van der Waals surface area contributed by atoms with Crippen molar-refractivity contribution in [3.63, 3.8) is 0 Å². The van der Waals surface area contributed by atoms with E-state index in [0.29, 0.717) is 5.02 Å². The summed E-state index contributed by atoms with van der Waals surface area (Å²) in [6.45, 7) is 0. The monoisotopic (exact) mass is 288 g/mol. The number of anilines is 1. The number of thiazole rings is 1. The third kappa shape index (κ3) is 2.49. The number of nitrogens with two attached hydrogens (primary N) is 1. The quantitative estimate of drug-likeness (QED) is 0.879. The second-order valence-corrected chi connectivity index (χ2v) is 4.87. The number of alkyl halides is 2. The Kier molecular flexibility index (Phi) is 3.58. The van der Waals surface area contributed by atoms with E-state index in [1.165, 1.54) is 24.3 Å². The fourth-order valence-electron chi connectivity index (χ4n) is 1.39. The normalized spacial score (nSPS) is 10.9. The number of nitrogen functional groups attached to an aromatic ring is 1. The van der Waals surface area contributed by atoms with E-state index in [4.69, 9.17) is 17.3 Å². The molecular weight excluding hydrogens is 282 g/mol. The van der Waals surface area contributed by atoms with Gasteiger partial charge in [0.05, 0.1) is 0 Å². The van der Waals surface area contributed by atoms with Crippen molar-refractivity contribution in [3.05, 3.63) is 45.4 Å². The third-order valence-corrected chi connectivity index (χ3v) is 3.34. The van der Waals surface area contributed by atoms with E-state index < -0.39 is 17.9 Å². The Morgan fingerprint density at radius 2 is 1.94 bits per heavy atom. The molecule has 2 rings (SSSR count). The van der Waals surface area contributed by atoms with Crippen LogP contribution >= 0.6 is 22.9 Å². The van der Waals surface area contributed by atoms with Gasteiger partial charge in [0.15, 0.2) is 5.13 Å². The minimum Gasteiger partial charge on any atom is -0.375 e. The molecule has 0 fully saturated rings. The second-order valence-electron chi connectivity index (χ2n) is 3.40. The van der Waals surface area contributed by atoms with Crippen molar-refractivity contribution < 1.29 is 13.6 Å². The van der Waals surface area contributed by atoms with Crippen molar-refractivity contribution in [2.75, 3.05) is 5.73 Å². The molecule has 7 heteroatoms. The first-order chi connectivity index (χ1) is 8.49. The Morgan fingerprint density at radius 1 is 1.33 bits per heavy atom. The Balaban J connectivity index is 2.42. The van der Waals surface area contributed by atoms with Crippen molar-refractivity contribution in [1.82, 2.24) is 4.98 Å². The van der Waals surface area contributed by atoms with Crippen LogP contribution in [0.2, 0.25) is 5.02 Å². The zero-order valence-corrected chi connectivity index (χ0v) is 10.4. The van der Waals surface area contributed by atoms with Gasteiger partial charge >= 0.3 is 0 Å². The fourth-order valence-corrected chi connectivity index (χ4v) is 2.32. The Morgan fingerprint density at radius 3 is 2.50 bits per heavy atom. The minimum atomic E-state index is -2.83. The highest BCUT2D eigenvalue weighted by atomic mass is 35.5. The van der Waals surface area contributed by atoms with Crippen LogP contribution in [0.3, 0.4) is 0 Å². The number of ketones is 1. The third-order valence-electron chi connectivity index (χ3n) is 2.19. The topological polar surface area (TPSA) is 56.0 Å². The van der Waals surface area contributed by atoms with Crippen LogP contribution in [-0.4, -0.2) is 10.8 Å². The summed E-state index contributed by atoms with van der Waals surface area (Å²) in [7, 11) is 0. The highest BCUT2D eigenvalue weighted by Gasteiger charge is 2.24. The lowest BCUT2D eigenvalue weighted by Gasteiger charge is -2.01. The largest absolute Gasteiger partial charge is 0.375 e. The molecule has 0 radical (unpaired) electrons. The average molecular weight is 289 g/mol. The van der Waals surface area contributed by atoms with E-state index in [-0.39, 0.29) is 15.6 Å². The lowest BCUT2D eigenvalue weighted by molar-refractivity contribution is 0.102. The zero-order chi connectivity index (χ0) is 13.3. The van der Waals surface area contributed by atoms with Gasteiger partial charge in [0.25, 0.3) is 6.43 Å². The van der Waals surface area contributed by atoms with Crippen LogP contribution in [0, 0.1) is 0 Å². The molecule has 0 unspecified atom stereocenters. The summed E-state index contributed by atoms with van der Waals surface area (Å²) in [5.41, 5.74) is 5.05. The number of aromatic nitrogens is 1. The maximum Gasteiger partial charge on any atom is 0.282 e.